The molecule has 0 unspecified atom stereocenters. The SMILES string of the molecule is Cc1cc(C)nc(NCCCC(=O)N2CCc3c(cnn3C(C)(C)C)C2)n1. The Kier molecular flexibility index (Phi) is 5.48. The molecule has 146 valence electrons. The summed E-state index contributed by atoms with van der Waals surface area (Å²) in [4.78, 5) is 23.2. The van der Waals surface area contributed by atoms with E-state index in [1.165, 1.54) is 11.3 Å². The maximum atomic E-state index is 12.6. The molecule has 0 saturated carbocycles. The van der Waals surface area contributed by atoms with E-state index in [0.717, 1.165) is 30.8 Å². The highest BCUT2D eigenvalue weighted by Gasteiger charge is 2.27. The van der Waals surface area contributed by atoms with Crippen molar-refractivity contribution in [2.45, 2.75) is 66.0 Å². The van der Waals surface area contributed by atoms with Crippen molar-refractivity contribution in [2.24, 2.45) is 0 Å². The molecule has 0 radical (unpaired) electrons. The molecule has 3 heterocycles. The number of aromatic nitrogens is 4. The molecule has 0 aliphatic carbocycles. The van der Waals surface area contributed by atoms with Crippen LogP contribution < -0.4 is 5.32 Å². The van der Waals surface area contributed by atoms with Gasteiger partial charge in [0.1, 0.15) is 0 Å². The minimum Gasteiger partial charge on any atom is -0.354 e. The summed E-state index contributed by atoms with van der Waals surface area (Å²) in [5, 5.41) is 7.75. The smallest absolute Gasteiger partial charge is 0.223 e. The molecule has 3 rings (SSSR count). The summed E-state index contributed by atoms with van der Waals surface area (Å²) in [6, 6.07) is 1.95. The molecular weight excluding hydrogens is 340 g/mol. The van der Waals surface area contributed by atoms with E-state index < -0.39 is 0 Å². The summed E-state index contributed by atoms with van der Waals surface area (Å²) in [5.41, 5.74) is 4.30. The van der Waals surface area contributed by atoms with Crippen molar-refractivity contribution in [2.75, 3.05) is 18.4 Å². The maximum absolute atomic E-state index is 12.6. The van der Waals surface area contributed by atoms with E-state index in [2.05, 4.69) is 45.8 Å². The summed E-state index contributed by atoms with van der Waals surface area (Å²) >= 11 is 0. The van der Waals surface area contributed by atoms with Gasteiger partial charge >= 0.3 is 0 Å². The van der Waals surface area contributed by atoms with Gasteiger partial charge in [-0.1, -0.05) is 0 Å². The molecule has 0 saturated heterocycles. The van der Waals surface area contributed by atoms with Crippen molar-refractivity contribution in [3.05, 3.63) is 34.9 Å². The molecule has 1 aliphatic heterocycles. The second-order valence-corrected chi connectivity index (χ2v) is 8.27. The molecule has 0 atom stereocenters. The van der Waals surface area contributed by atoms with Gasteiger partial charge in [-0.05, 0) is 47.1 Å². The first-order valence-corrected chi connectivity index (χ1v) is 9.64. The van der Waals surface area contributed by atoms with Crippen molar-refractivity contribution in [3.63, 3.8) is 0 Å². The van der Waals surface area contributed by atoms with Gasteiger partial charge in [-0.15, -0.1) is 0 Å². The first-order valence-electron chi connectivity index (χ1n) is 9.64. The Balaban J connectivity index is 1.49. The number of anilines is 1. The van der Waals surface area contributed by atoms with Crippen LogP contribution in [-0.4, -0.2) is 43.6 Å². The normalized spacial score (nSPS) is 14.2. The largest absolute Gasteiger partial charge is 0.354 e. The molecule has 27 heavy (non-hydrogen) atoms. The zero-order valence-electron chi connectivity index (χ0n) is 17.0. The highest BCUT2D eigenvalue weighted by molar-refractivity contribution is 5.76. The van der Waals surface area contributed by atoms with Crippen LogP contribution in [0.5, 0.6) is 0 Å². The Morgan fingerprint density at radius 1 is 1.22 bits per heavy atom. The number of nitrogens with zero attached hydrogens (tertiary/aromatic N) is 5. The van der Waals surface area contributed by atoms with Gasteiger partial charge in [-0.2, -0.15) is 5.10 Å². The quantitative estimate of drug-likeness (QED) is 0.819. The third-order valence-electron chi connectivity index (χ3n) is 4.76. The van der Waals surface area contributed by atoms with Crippen LogP contribution in [0.3, 0.4) is 0 Å². The second-order valence-electron chi connectivity index (χ2n) is 8.27. The molecule has 7 nitrogen and oxygen atoms in total. The number of nitrogens with one attached hydrogen (secondary N) is 1. The molecule has 2 aromatic heterocycles. The fourth-order valence-corrected chi connectivity index (χ4v) is 3.53. The van der Waals surface area contributed by atoms with Crippen molar-refractivity contribution < 1.29 is 4.79 Å². The predicted octanol–water partition coefficient (Wildman–Crippen LogP) is 2.82. The Labute approximate surface area is 161 Å². The van der Waals surface area contributed by atoms with Gasteiger partial charge in [-0.25, -0.2) is 9.97 Å². The molecule has 1 amide bonds. The Morgan fingerprint density at radius 2 is 1.93 bits per heavy atom. The number of aryl methyl sites for hydroxylation is 2. The summed E-state index contributed by atoms with van der Waals surface area (Å²) in [6.07, 6.45) is 4.08. The summed E-state index contributed by atoms with van der Waals surface area (Å²) in [5.74, 6) is 0.837. The predicted molar refractivity (Wildman–Crippen MR) is 106 cm³/mol. The molecular formula is C20H30N6O. The van der Waals surface area contributed by atoms with E-state index in [9.17, 15) is 4.79 Å². The molecule has 0 fully saturated rings. The number of carbonyl (C=O) groups is 1. The van der Waals surface area contributed by atoms with Crippen molar-refractivity contribution in [1.82, 2.24) is 24.6 Å². The van der Waals surface area contributed by atoms with E-state index in [-0.39, 0.29) is 11.4 Å². The zero-order valence-corrected chi connectivity index (χ0v) is 17.0. The van der Waals surface area contributed by atoms with Crippen LogP contribution in [0.15, 0.2) is 12.3 Å². The first kappa shape index (κ1) is 19.3. The minimum absolute atomic E-state index is 0.0261. The third-order valence-corrected chi connectivity index (χ3v) is 4.76. The van der Waals surface area contributed by atoms with Crippen LogP contribution in [0.4, 0.5) is 5.95 Å². The van der Waals surface area contributed by atoms with Crippen LogP contribution in [0, 0.1) is 13.8 Å². The monoisotopic (exact) mass is 370 g/mol. The molecule has 0 bridgehead atoms. The third kappa shape index (κ3) is 4.64. The van der Waals surface area contributed by atoms with Gasteiger partial charge in [0, 0.05) is 55.1 Å². The second kappa shape index (κ2) is 7.66. The molecule has 2 aromatic rings. The Bertz CT molecular complexity index is 800. The highest BCUT2D eigenvalue weighted by atomic mass is 16.2. The number of fused-ring (bicyclic) bond motifs is 1. The van der Waals surface area contributed by atoms with Crippen LogP contribution in [0.2, 0.25) is 0 Å². The van der Waals surface area contributed by atoms with E-state index in [0.29, 0.717) is 25.5 Å². The lowest BCUT2D eigenvalue weighted by atomic mass is 10.0. The number of hydrogen-bond donors (Lipinski definition) is 1. The average molecular weight is 371 g/mol. The lowest BCUT2D eigenvalue weighted by molar-refractivity contribution is -0.132. The maximum Gasteiger partial charge on any atom is 0.223 e. The number of hydrogen-bond acceptors (Lipinski definition) is 5. The van der Waals surface area contributed by atoms with Gasteiger partial charge in [0.15, 0.2) is 0 Å². The van der Waals surface area contributed by atoms with Crippen molar-refractivity contribution >= 4 is 11.9 Å². The molecule has 1 aliphatic rings. The summed E-state index contributed by atoms with van der Waals surface area (Å²) in [7, 11) is 0. The first-order chi connectivity index (χ1) is 12.7. The van der Waals surface area contributed by atoms with Crippen molar-refractivity contribution in [1.29, 1.82) is 0 Å². The van der Waals surface area contributed by atoms with E-state index in [4.69, 9.17) is 0 Å². The van der Waals surface area contributed by atoms with Crippen LogP contribution in [-0.2, 0) is 23.3 Å². The van der Waals surface area contributed by atoms with E-state index >= 15 is 0 Å². The fraction of sp³-hybridized carbons (Fsp3) is 0.600. The van der Waals surface area contributed by atoms with Gasteiger partial charge in [0.05, 0.1) is 11.7 Å². The van der Waals surface area contributed by atoms with Gasteiger partial charge in [-0.3, -0.25) is 9.48 Å². The molecule has 0 spiro atoms. The number of rotatable bonds is 5. The van der Waals surface area contributed by atoms with E-state index in [1.807, 2.05) is 31.0 Å². The van der Waals surface area contributed by atoms with Gasteiger partial charge < -0.3 is 10.2 Å². The van der Waals surface area contributed by atoms with Gasteiger partial charge in [0.25, 0.3) is 0 Å². The average Bonchev–Trinajstić information content (AvgIpc) is 3.01. The minimum atomic E-state index is -0.0261. The Hall–Kier alpha value is -2.44. The number of carbonyl (C=O) groups excluding carboxylic acids is 1. The fourth-order valence-electron chi connectivity index (χ4n) is 3.53. The molecule has 7 heteroatoms. The standard InChI is InChI=1S/C20H30N6O/c1-14-11-15(2)24-19(23-14)21-9-6-7-18(27)25-10-8-17-16(13-25)12-22-26(17)20(3,4)5/h11-12H,6-10,13H2,1-5H3,(H,21,23,24). The topological polar surface area (TPSA) is 75.9 Å². The van der Waals surface area contributed by atoms with Gasteiger partial charge in [0.2, 0.25) is 11.9 Å². The molecule has 0 aromatic carbocycles. The number of amides is 1. The van der Waals surface area contributed by atoms with Crippen LogP contribution >= 0.6 is 0 Å². The van der Waals surface area contributed by atoms with Crippen molar-refractivity contribution in [3.8, 4) is 0 Å². The van der Waals surface area contributed by atoms with E-state index in [1.54, 1.807) is 0 Å². The van der Waals surface area contributed by atoms with Crippen LogP contribution in [0.1, 0.15) is 56.3 Å². The summed E-state index contributed by atoms with van der Waals surface area (Å²) in [6.45, 7) is 12.5. The Morgan fingerprint density at radius 3 is 2.59 bits per heavy atom. The summed E-state index contributed by atoms with van der Waals surface area (Å²) < 4.78 is 2.10. The highest BCUT2D eigenvalue weighted by Crippen LogP contribution is 2.24. The lowest BCUT2D eigenvalue weighted by Gasteiger charge is -2.30. The van der Waals surface area contributed by atoms with Crippen LogP contribution in [0.25, 0.3) is 0 Å². The zero-order chi connectivity index (χ0) is 19.6. The lowest BCUT2D eigenvalue weighted by Crippen LogP contribution is -2.37. The molecule has 1 N–H and O–H groups in total.